The van der Waals surface area contributed by atoms with Crippen LogP contribution in [0.15, 0.2) is 0 Å². The first kappa shape index (κ1) is 17.8. The van der Waals surface area contributed by atoms with Crippen LogP contribution in [0.2, 0.25) is 0 Å². The number of carbonyl (C=O) groups excluding carboxylic acids is 1. The topological polar surface area (TPSA) is 60.9 Å². The van der Waals surface area contributed by atoms with Crippen LogP contribution in [0.5, 0.6) is 0 Å². The molecule has 1 N–H and O–H groups in total. The highest BCUT2D eigenvalue weighted by Gasteiger charge is 2.23. The monoisotopic (exact) mass is 298 g/mol. The fourth-order valence-electron chi connectivity index (χ4n) is 3.03. The molecule has 0 saturated heterocycles. The molecule has 122 valence electrons. The van der Waals surface area contributed by atoms with E-state index in [1.807, 2.05) is 25.8 Å². The van der Waals surface area contributed by atoms with Gasteiger partial charge >= 0.3 is 12.0 Å². The third kappa shape index (κ3) is 6.36. The summed E-state index contributed by atoms with van der Waals surface area (Å²) < 4.78 is 0. The van der Waals surface area contributed by atoms with Crippen molar-refractivity contribution < 1.29 is 14.7 Å². The second-order valence-corrected chi connectivity index (χ2v) is 6.45. The Morgan fingerprint density at radius 3 is 2.33 bits per heavy atom. The molecule has 1 aliphatic carbocycles. The quantitative estimate of drug-likeness (QED) is 0.785. The van der Waals surface area contributed by atoms with Crippen LogP contribution < -0.4 is 0 Å². The van der Waals surface area contributed by atoms with Gasteiger partial charge in [0.1, 0.15) is 0 Å². The van der Waals surface area contributed by atoms with Crippen LogP contribution in [0, 0.1) is 5.92 Å². The molecule has 0 aromatic rings. The standard InChI is InChI=1S/C16H30N2O3/c1-13(2)18(11-7-10-15(19)20)16(21)17(3)12-14-8-5-4-6-9-14/h13-14H,4-12H2,1-3H3,(H,19,20). The predicted octanol–water partition coefficient (Wildman–Crippen LogP) is 3.19. The number of hydrogen-bond acceptors (Lipinski definition) is 2. The van der Waals surface area contributed by atoms with Gasteiger partial charge < -0.3 is 14.9 Å². The van der Waals surface area contributed by atoms with Gasteiger partial charge in [-0.2, -0.15) is 0 Å². The van der Waals surface area contributed by atoms with Crippen molar-refractivity contribution in [3.05, 3.63) is 0 Å². The van der Waals surface area contributed by atoms with Crippen molar-refractivity contribution in [1.29, 1.82) is 0 Å². The first-order valence-corrected chi connectivity index (χ1v) is 8.15. The number of aliphatic carboxylic acids is 1. The Morgan fingerprint density at radius 1 is 1.19 bits per heavy atom. The minimum Gasteiger partial charge on any atom is -0.481 e. The first-order chi connectivity index (χ1) is 9.91. The van der Waals surface area contributed by atoms with E-state index in [-0.39, 0.29) is 18.5 Å². The molecule has 1 fully saturated rings. The summed E-state index contributed by atoms with van der Waals surface area (Å²) in [5, 5.41) is 8.72. The summed E-state index contributed by atoms with van der Waals surface area (Å²) in [5.41, 5.74) is 0. The van der Waals surface area contributed by atoms with Crippen molar-refractivity contribution in [1.82, 2.24) is 9.80 Å². The molecule has 5 heteroatoms. The van der Waals surface area contributed by atoms with Gasteiger partial charge in [-0.1, -0.05) is 19.3 Å². The number of carboxylic acids is 1. The third-order valence-electron chi connectivity index (χ3n) is 4.24. The molecule has 1 aliphatic rings. The van der Waals surface area contributed by atoms with E-state index in [0.29, 0.717) is 18.9 Å². The van der Waals surface area contributed by atoms with Crippen LogP contribution in [0.3, 0.4) is 0 Å². The Morgan fingerprint density at radius 2 is 1.81 bits per heavy atom. The lowest BCUT2D eigenvalue weighted by molar-refractivity contribution is -0.137. The number of carbonyl (C=O) groups is 2. The van der Waals surface area contributed by atoms with Crippen molar-refractivity contribution in [3.8, 4) is 0 Å². The van der Waals surface area contributed by atoms with Crippen LogP contribution in [0.25, 0.3) is 0 Å². The molecule has 0 unspecified atom stereocenters. The SMILES string of the molecule is CC(C)N(CCCC(=O)O)C(=O)N(C)CC1CCCCC1. The maximum Gasteiger partial charge on any atom is 0.319 e. The highest BCUT2D eigenvalue weighted by Crippen LogP contribution is 2.24. The molecule has 0 aromatic carbocycles. The Bertz CT molecular complexity index is 338. The van der Waals surface area contributed by atoms with Gasteiger partial charge in [0, 0.05) is 32.6 Å². The molecule has 1 saturated carbocycles. The van der Waals surface area contributed by atoms with Crippen LogP contribution >= 0.6 is 0 Å². The summed E-state index contributed by atoms with van der Waals surface area (Å²) >= 11 is 0. The Balaban J connectivity index is 2.47. The number of rotatable bonds is 7. The molecule has 21 heavy (non-hydrogen) atoms. The molecule has 0 radical (unpaired) electrons. The van der Waals surface area contributed by atoms with Gasteiger partial charge in [0.2, 0.25) is 0 Å². The highest BCUT2D eigenvalue weighted by molar-refractivity contribution is 5.74. The van der Waals surface area contributed by atoms with Gasteiger partial charge in [-0.05, 0) is 39.0 Å². The van der Waals surface area contributed by atoms with E-state index in [1.165, 1.54) is 32.1 Å². The fraction of sp³-hybridized carbons (Fsp3) is 0.875. The van der Waals surface area contributed by atoms with E-state index in [1.54, 1.807) is 4.90 Å². The van der Waals surface area contributed by atoms with Gasteiger partial charge in [0.25, 0.3) is 0 Å². The summed E-state index contributed by atoms with van der Waals surface area (Å²) in [5.74, 6) is -0.178. The normalized spacial score (nSPS) is 16.0. The molecule has 0 aliphatic heterocycles. The van der Waals surface area contributed by atoms with E-state index in [4.69, 9.17) is 5.11 Å². The number of urea groups is 1. The predicted molar refractivity (Wildman–Crippen MR) is 83.3 cm³/mol. The van der Waals surface area contributed by atoms with Gasteiger partial charge in [0.15, 0.2) is 0 Å². The molecule has 2 amide bonds. The zero-order chi connectivity index (χ0) is 15.8. The van der Waals surface area contributed by atoms with Crippen LogP contribution in [-0.2, 0) is 4.79 Å². The van der Waals surface area contributed by atoms with E-state index >= 15 is 0 Å². The molecular weight excluding hydrogens is 268 g/mol. The minimum absolute atomic E-state index is 0.0287. The maximum absolute atomic E-state index is 12.5. The molecule has 5 nitrogen and oxygen atoms in total. The molecule has 0 spiro atoms. The molecule has 0 bridgehead atoms. The zero-order valence-corrected chi connectivity index (χ0v) is 13.7. The average Bonchev–Trinajstić information content (AvgIpc) is 2.43. The molecule has 1 rings (SSSR count). The van der Waals surface area contributed by atoms with Crippen LogP contribution in [-0.4, -0.2) is 53.1 Å². The fourth-order valence-corrected chi connectivity index (χ4v) is 3.03. The number of carboxylic acid groups (broad SMARTS) is 1. The maximum atomic E-state index is 12.5. The summed E-state index contributed by atoms with van der Waals surface area (Å²) in [7, 11) is 1.86. The first-order valence-electron chi connectivity index (χ1n) is 8.15. The lowest BCUT2D eigenvalue weighted by Gasteiger charge is -2.34. The van der Waals surface area contributed by atoms with Crippen molar-refractivity contribution in [2.45, 2.75) is 64.8 Å². The van der Waals surface area contributed by atoms with Crippen LogP contribution in [0.1, 0.15) is 58.8 Å². The largest absolute Gasteiger partial charge is 0.481 e. The number of amides is 2. The Kier molecular flexibility index (Phi) is 7.54. The van der Waals surface area contributed by atoms with Crippen LogP contribution in [0.4, 0.5) is 4.79 Å². The minimum atomic E-state index is -0.804. The Hall–Kier alpha value is -1.26. The van der Waals surface area contributed by atoms with Crippen molar-refractivity contribution >= 4 is 12.0 Å². The van der Waals surface area contributed by atoms with Gasteiger partial charge in [-0.15, -0.1) is 0 Å². The van der Waals surface area contributed by atoms with E-state index in [2.05, 4.69) is 0 Å². The summed E-state index contributed by atoms with van der Waals surface area (Å²) in [4.78, 5) is 26.7. The van der Waals surface area contributed by atoms with Gasteiger partial charge in [0.05, 0.1) is 0 Å². The van der Waals surface area contributed by atoms with E-state index in [9.17, 15) is 9.59 Å². The second-order valence-electron chi connectivity index (χ2n) is 6.45. The molecular formula is C16H30N2O3. The third-order valence-corrected chi connectivity index (χ3v) is 4.24. The molecule has 0 aromatic heterocycles. The highest BCUT2D eigenvalue weighted by atomic mass is 16.4. The lowest BCUT2D eigenvalue weighted by atomic mass is 9.89. The van der Waals surface area contributed by atoms with Gasteiger partial charge in [-0.3, -0.25) is 4.79 Å². The van der Waals surface area contributed by atoms with Gasteiger partial charge in [-0.25, -0.2) is 4.79 Å². The molecule has 0 heterocycles. The van der Waals surface area contributed by atoms with Crippen molar-refractivity contribution in [2.75, 3.05) is 20.1 Å². The van der Waals surface area contributed by atoms with Crippen molar-refractivity contribution in [3.63, 3.8) is 0 Å². The number of nitrogens with zero attached hydrogens (tertiary/aromatic N) is 2. The molecule has 0 atom stereocenters. The summed E-state index contributed by atoms with van der Waals surface area (Å²) in [6, 6.07) is 0.126. The Labute approximate surface area is 128 Å². The smallest absolute Gasteiger partial charge is 0.319 e. The second kappa shape index (κ2) is 8.90. The van der Waals surface area contributed by atoms with E-state index < -0.39 is 5.97 Å². The van der Waals surface area contributed by atoms with E-state index in [0.717, 1.165) is 6.54 Å². The van der Waals surface area contributed by atoms with Crippen molar-refractivity contribution in [2.24, 2.45) is 5.92 Å². The number of hydrogen-bond donors (Lipinski definition) is 1. The summed E-state index contributed by atoms with van der Waals surface area (Å²) in [6.07, 6.45) is 6.94. The summed E-state index contributed by atoms with van der Waals surface area (Å²) in [6.45, 7) is 5.29. The average molecular weight is 298 g/mol. The lowest BCUT2D eigenvalue weighted by Crippen LogP contribution is -2.46. The zero-order valence-electron chi connectivity index (χ0n) is 13.7.